The highest BCUT2D eigenvalue weighted by Gasteiger charge is 2.38. The van der Waals surface area contributed by atoms with Crippen molar-refractivity contribution in [2.24, 2.45) is 0 Å². The molecule has 0 aliphatic carbocycles. The van der Waals surface area contributed by atoms with Gasteiger partial charge in [-0.3, -0.25) is 0 Å². The highest BCUT2D eigenvalue weighted by molar-refractivity contribution is 5.94. The van der Waals surface area contributed by atoms with Crippen molar-refractivity contribution in [3.8, 4) is 11.5 Å². The number of rotatable bonds is 12. The molecular formula is C36H39NO12. The number of carboxylic acid groups (broad SMARTS) is 1. The summed E-state index contributed by atoms with van der Waals surface area (Å²) < 4.78 is 27.1. The lowest BCUT2D eigenvalue weighted by molar-refractivity contribution is -0.155. The monoisotopic (exact) mass is 677 g/mol. The number of carbonyl (C=O) groups is 6. The highest BCUT2D eigenvalue weighted by atomic mass is 16.6. The molecule has 0 spiro atoms. The molecule has 13 nitrogen and oxygen atoms in total. The molecule has 1 unspecified atom stereocenters. The molecule has 3 aromatic carbocycles. The highest BCUT2D eigenvalue weighted by Crippen LogP contribution is 2.32. The number of hydrogen-bond donors (Lipinski definition) is 2. The molecule has 13 heteroatoms. The number of nitrogens with one attached hydrogen (secondary N) is 1. The molecule has 1 atom stereocenters. The smallest absolute Gasteiger partial charge is 0.408 e. The fourth-order valence-corrected chi connectivity index (χ4v) is 3.99. The van der Waals surface area contributed by atoms with E-state index in [2.05, 4.69) is 5.32 Å². The van der Waals surface area contributed by atoms with E-state index < -0.39 is 58.8 Å². The van der Waals surface area contributed by atoms with Crippen LogP contribution in [0.4, 0.5) is 4.79 Å². The van der Waals surface area contributed by atoms with E-state index in [1.165, 1.54) is 70.2 Å². The average Bonchev–Trinajstić information content (AvgIpc) is 3.01. The number of aliphatic carboxylic acids is 1. The zero-order valence-corrected chi connectivity index (χ0v) is 28.2. The zero-order chi connectivity index (χ0) is 36.6. The molecular weight excluding hydrogens is 638 g/mol. The van der Waals surface area contributed by atoms with Crippen LogP contribution < -0.4 is 14.8 Å². The van der Waals surface area contributed by atoms with Crippen molar-refractivity contribution in [1.82, 2.24) is 5.32 Å². The predicted octanol–water partition coefficient (Wildman–Crippen LogP) is 5.29. The quantitative estimate of drug-likeness (QED) is 0.144. The first-order valence-corrected chi connectivity index (χ1v) is 15.1. The number of esters is 4. The van der Waals surface area contributed by atoms with E-state index in [9.17, 15) is 33.9 Å². The number of alkyl carbamates (subject to hydrolysis) is 1. The van der Waals surface area contributed by atoms with Crippen LogP contribution in [0.25, 0.3) is 0 Å². The third kappa shape index (κ3) is 11.2. The maximum Gasteiger partial charge on any atom is 0.408 e. The van der Waals surface area contributed by atoms with E-state index in [0.717, 1.165) is 0 Å². The molecule has 0 saturated carbocycles. The second-order valence-corrected chi connectivity index (χ2v) is 12.8. The fourth-order valence-electron chi connectivity index (χ4n) is 3.99. The van der Waals surface area contributed by atoms with Gasteiger partial charge < -0.3 is 34.1 Å². The molecule has 0 radical (unpaired) electrons. The minimum Gasteiger partial charge on any atom is -0.480 e. The summed E-state index contributed by atoms with van der Waals surface area (Å²) in [4.78, 5) is 76.4. The average molecular weight is 678 g/mol. The molecule has 0 aromatic heterocycles. The molecule has 1 amide bonds. The lowest BCUT2D eigenvalue weighted by Crippen LogP contribution is -2.44. The van der Waals surface area contributed by atoms with Crippen LogP contribution in [0.15, 0.2) is 78.9 Å². The van der Waals surface area contributed by atoms with Crippen molar-refractivity contribution in [2.75, 3.05) is 0 Å². The first kappa shape index (κ1) is 37.7. The van der Waals surface area contributed by atoms with Gasteiger partial charge in [0.15, 0.2) is 11.5 Å². The minimum atomic E-state index is -1.85. The number of benzene rings is 3. The summed E-state index contributed by atoms with van der Waals surface area (Å²) in [6, 6.07) is 18.3. The standard InChI is InChI=1S/C36H39NO12/c1-34(2,3)49-33(44)37-25(28(38)39)20-22-18-19-26(45-31(42)35(4,5)47-29(40)23-14-10-8-11-15-23)27(21-22)46-32(43)36(6,7)48-30(41)24-16-12-9-13-17-24/h8-19,21,25H,20H2,1-7H3,(H,37,44)(H,38,39). The molecule has 0 saturated heterocycles. The third-order valence-corrected chi connectivity index (χ3v) is 6.54. The summed E-state index contributed by atoms with van der Waals surface area (Å²) in [5.74, 6) is -5.73. The summed E-state index contributed by atoms with van der Waals surface area (Å²) in [6.45, 7) is 10.1. The Morgan fingerprint density at radius 3 is 1.51 bits per heavy atom. The van der Waals surface area contributed by atoms with E-state index in [1.807, 2.05) is 0 Å². The molecule has 0 aliphatic heterocycles. The molecule has 49 heavy (non-hydrogen) atoms. The fraction of sp³-hybridized carbons (Fsp3) is 0.333. The van der Waals surface area contributed by atoms with Crippen molar-refractivity contribution in [2.45, 2.75) is 77.7 Å². The van der Waals surface area contributed by atoms with Crippen LogP contribution >= 0.6 is 0 Å². The van der Waals surface area contributed by atoms with Crippen molar-refractivity contribution < 1.29 is 57.6 Å². The number of carbonyl (C=O) groups excluding carboxylic acids is 5. The van der Waals surface area contributed by atoms with Crippen LogP contribution in [0, 0.1) is 0 Å². The molecule has 0 bridgehead atoms. The zero-order valence-electron chi connectivity index (χ0n) is 28.2. The summed E-state index contributed by atoms with van der Waals surface area (Å²) in [5.41, 5.74) is -3.94. The van der Waals surface area contributed by atoms with E-state index >= 15 is 0 Å². The Morgan fingerprint density at radius 2 is 1.08 bits per heavy atom. The van der Waals surface area contributed by atoms with Crippen LogP contribution in [-0.4, -0.2) is 63.9 Å². The van der Waals surface area contributed by atoms with Crippen LogP contribution in [0.2, 0.25) is 0 Å². The Bertz CT molecular complexity index is 1690. The van der Waals surface area contributed by atoms with E-state index in [4.69, 9.17) is 23.7 Å². The summed E-state index contributed by atoms with van der Waals surface area (Å²) in [7, 11) is 0. The van der Waals surface area contributed by atoms with Gasteiger partial charge in [0.2, 0.25) is 11.2 Å². The van der Waals surface area contributed by atoms with Crippen molar-refractivity contribution in [3.63, 3.8) is 0 Å². The number of hydrogen-bond acceptors (Lipinski definition) is 11. The minimum absolute atomic E-state index is 0.185. The molecule has 3 rings (SSSR count). The van der Waals surface area contributed by atoms with Gasteiger partial charge >= 0.3 is 35.9 Å². The maximum absolute atomic E-state index is 13.4. The largest absolute Gasteiger partial charge is 0.480 e. The van der Waals surface area contributed by atoms with Crippen molar-refractivity contribution >= 4 is 35.9 Å². The number of carboxylic acids is 1. The SMILES string of the molecule is CC(C)(C)OC(=O)NC(Cc1ccc(OC(=O)C(C)(C)OC(=O)c2ccccc2)c(OC(=O)C(C)(C)OC(=O)c2ccccc2)c1)C(=O)O. The van der Waals surface area contributed by atoms with Crippen LogP contribution in [-0.2, 0) is 35.0 Å². The van der Waals surface area contributed by atoms with E-state index in [1.54, 1.807) is 57.2 Å². The van der Waals surface area contributed by atoms with Gasteiger partial charge in [-0.1, -0.05) is 42.5 Å². The number of ether oxygens (including phenoxy) is 5. The van der Waals surface area contributed by atoms with Crippen LogP contribution in [0.1, 0.15) is 74.7 Å². The van der Waals surface area contributed by atoms with E-state index in [-0.39, 0.29) is 34.6 Å². The van der Waals surface area contributed by atoms with Gasteiger partial charge in [0.05, 0.1) is 11.1 Å². The Balaban J connectivity index is 1.90. The van der Waals surface area contributed by atoms with Gasteiger partial charge in [0.1, 0.15) is 11.6 Å². The first-order chi connectivity index (χ1) is 22.8. The normalized spacial score (nSPS) is 12.1. The second-order valence-electron chi connectivity index (χ2n) is 12.8. The number of amides is 1. The van der Waals surface area contributed by atoms with Crippen molar-refractivity contribution in [1.29, 1.82) is 0 Å². The summed E-state index contributed by atoms with van der Waals surface area (Å²) in [5, 5.41) is 12.1. The Labute approximate surface area is 283 Å². The molecule has 2 N–H and O–H groups in total. The Morgan fingerprint density at radius 1 is 0.633 bits per heavy atom. The Hall–Kier alpha value is -5.72. The van der Waals surface area contributed by atoms with Gasteiger partial charge in [0, 0.05) is 6.42 Å². The summed E-state index contributed by atoms with van der Waals surface area (Å²) in [6.07, 6.45) is -1.27. The van der Waals surface area contributed by atoms with Gasteiger partial charge in [0.25, 0.3) is 0 Å². The topological polar surface area (TPSA) is 181 Å². The molecule has 260 valence electrons. The third-order valence-electron chi connectivity index (χ3n) is 6.54. The Kier molecular flexibility index (Phi) is 11.9. The van der Waals surface area contributed by atoms with Crippen LogP contribution in [0.5, 0.6) is 11.5 Å². The molecule has 0 aliphatic rings. The summed E-state index contributed by atoms with van der Waals surface area (Å²) >= 11 is 0. The lowest BCUT2D eigenvalue weighted by atomic mass is 10.0. The van der Waals surface area contributed by atoms with Gasteiger partial charge in [-0.2, -0.15) is 0 Å². The molecule has 3 aromatic rings. The molecule has 0 fully saturated rings. The van der Waals surface area contributed by atoms with Crippen LogP contribution in [0.3, 0.4) is 0 Å². The maximum atomic E-state index is 13.4. The second kappa shape index (κ2) is 15.5. The molecule has 0 heterocycles. The lowest BCUT2D eigenvalue weighted by Gasteiger charge is -2.25. The van der Waals surface area contributed by atoms with Gasteiger partial charge in [-0.15, -0.1) is 0 Å². The van der Waals surface area contributed by atoms with E-state index in [0.29, 0.717) is 0 Å². The van der Waals surface area contributed by atoms with Gasteiger partial charge in [-0.05, 0) is 90.4 Å². The first-order valence-electron chi connectivity index (χ1n) is 15.1. The van der Waals surface area contributed by atoms with Gasteiger partial charge in [-0.25, -0.2) is 28.8 Å². The predicted molar refractivity (Wildman–Crippen MR) is 174 cm³/mol. The van der Waals surface area contributed by atoms with Crippen molar-refractivity contribution in [3.05, 3.63) is 95.6 Å².